The molecule has 2 atom stereocenters. The fraction of sp³-hybridized carbons (Fsp3) is 0.500. The molecule has 1 aromatic carbocycles. The molecule has 1 aromatic rings. The summed E-state index contributed by atoms with van der Waals surface area (Å²) >= 11 is 0. The maximum absolute atomic E-state index is 12.5. The topological polar surface area (TPSA) is 86.7 Å². The number of nitrogens with zero attached hydrogens (tertiary/aromatic N) is 1. The van der Waals surface area contributed by atoms with E-state index >= 15 is 0 Å². The number of anilines is 1. The molecule has 1 aliphatic heterocycles. The van der Waals surface area contributed by atoms with Gasteiger partial charge in [0, 0.05) is 19.3 Å². The van der Waals surface area contributed by atoms with Crippen molar-refractivity contribution in [3.8, 4) is 0 Å². The summed E-state index contributed by atoms with van der Waals surface area (Å²) in [5.74, 6) is -0.472. The maximum atomic E-state index is 12.5. The predicted molar refractivity (Wildman–Crippen MR) is 79.6 cm³/mol. The van der Waals surface area contributed by atoms with Crippen LogP contribution in [-0.4, -0.2) is 43.4 Å². The van der Waals surface area contributed by atoms with Gasteiger partial charge in [-0.25, -0.2) is 12.7 Å². The third-order valence-corrected chi connectivity index (χ3v) is 5.56. The molecule has 0 saturated heterocycles. The van der Waals surface area contributed by atoms with Crippen molar-refractivity contribution in [3.63, 3.8) is 0 Å². The summed E-state index contributed by atoms with van der Waals surface area (Å²) in [5, 5.41) is 12.0. The second-order valence-corrected chi connectivity index (χ2v) is 7.47. The van der Waals surface area contributed by atoms with Gasteiger partial charge >= 0.3 is 0 Å². The predicted octanol–water partition coefficient (Wildman–Crippen LogP) is 1.13. The quantitative estimate of drug-likeness (QED) is 0.853. The Bertz CT molecular complexity index is 655. The zero-order valence-electron chi connectivity index (χ0n) is 12.3. The van der Waals surface area contributed by atoms with Crippen molar-refractivity contribution in [3.05, 3.63) is 23.8 Å². The molecule has 7 heteroatoms. The highest BCUT2D eigenvalue weighted by Gasteiger charge is 2.29. The fourth-order valence-corrected chi connectivity index (χ4v) is 3.45. The lowest BCUT2D eigenvalue weighted by atomic mass is 10.0. The van der Waals surface area contributed by atoms with E-state index < -0.39 is 16.1 Å². The molecule has 0 aliphatic carbocycles. The van der Waals surface area contributed by atoms with E-state index in [1.54, 1.807) is 26.0 Å². The highest BCUT2D eigenvalue weighted by atomic mass is 32.2. The van der Waals surface area contributed by atoms with Gasteiger partial charge < -0.3 is 10.4 Å². The maximum Gasteiger partial charge on any atom is 0.242 e. The summed E-state index contributed by atoms with van der Waals surface area (Å²) in [7, 11) is -2.13. The van der Waals surface area contributed by atoms with Gasteiger partial charge in [0.05, 0.1) is 16.9 Å². The molecule has 2 unspecified atom stereocenters. The summed E-state index contributed by atoms with van der Waals surface area (Å²) in [6.07, 6.45) is -0.179. The number of hydrogen-bond acceptors (Lipinski definition) is 4. The van der Waals surface area contributed by atoms with Crippen molar-refractivity contribution in [2.75, 3.05) is 18.9 Å². The molecular formula is C14H20N2O4S. The van der Waals surface area contributed by atoms with Crippen molar-refractivity contribution in [1.82, 2.24) is 4.31 Å². The Hall–Kier alpha value is -1.44. The van der Waals surface area contributed by atoms with Gasteiger partial charge in [-0.15, -0.1) is 0 Å². The van der Waals surface area contributed by atoms with Crippen LogP contribution in [0.3, 0.4) is 0 Å². The van der Waals surface area contributed by atoms with Crippen LogP contribution in [0.2, 0.25) is 0 Å². The van der Waals surface area contributed by atoms with Crippen molar-refractivity contribution in [1.29, 1.82) is 0 Å². The number of rotatable bonds is 5. The normalized spacial score (nSPS) is 19.5. The monoisotopic (exact) mass is 312 g/mol. The lowest BCUT2D eigenvalue weighted by molar-refractivity contribution is -0.116. The molecule has 0 saturated carbocycles. The van der Waals surface area contributed by atoms with Crippen LogP contribution in [0.25, 0.3) is 0 Å². The van der Waals surface area contributed by atoms with Crippen LogP contribution in [0.4, 0.5) is 5.69 Å². The first-order valence-corrected chi connectivity index (χ1v) is 8.26. The van der Waals surface area contributed by atoms with Gasteiger partial charge in [-0.3, -0.25) is 4.79 Å². The number of fused-ring (bicyclic) bond motifs is 1. The van der Waals surface area contributed by atoms with Crippen LogP contribution in [-0.2, 0) is 14.8 Å². The highest BCUT2D eigenvalue weighted by molar-refractivity contribution is 7.89. The van der Waals surface area contributed by atoms with E-state index in [1.807, 2.05) is 0 Å². The minimum absolute atomic E-state index is 0.123. The number of carbonyl (C=O) groups excluding carboxylic acids is 1. The molecule has 0 aromatic heterocycles. The molecule has 1 heterocycles. The largest absolute Gasteiger partial charge is 0.393 e. The first-order valence-electron chi connectivity index (χ1n) is 6.82. The SMILES string of the molecule is CC(O)CCN(C)S(=O)(=O)c1ccc2c(c1)C(C)C(=O)N2. The van der Waals surface area contributed by atoms with Gasteiger partial charge in [0.15, 0.2) is 0 Å². The van der Waals surface area contributed by atoms with Gasteiger partial charge in [-0.05, 0) is 44.0 Å². The standard InChI is InChI=1S/C14H20N2O4S/c1-9(17)6-7-16(3)21(19,20)11-4-5-13-12(8-11)10(2)14(18)15-13/h4-5,8-10,17H,6-7H2,1-3H3,(H,15,18). The minimum Gasteiger partial charge on any atom is -0.393 e. The second-order valence-electron chi connectivity index (χ2n) is 5.42. The number of sulfonamides is 1. The Labute approximate surface area is 124 Å². The summed E-state index contributed by atoms with van der Waals surface area (Å²) in [5.41, 5.74) is 1.36. The van der Waals surface area contributed by atoms with E-state index in [9.17, 15) is 18.3 Å². The Morgan fingerprint density at radius 2 is 2.10 bits per heavy atom. The zero-order valence-corrected chi connectivity index (χ0v) is 13.1. The lowest BCUT2D eigenvalue weighted by Gasteiger charge is -2.18. The third-order valence-electron chi connectivity index (χ3n) is 3.71. The van der Waals surface area contributed by atoms with Gasteiger partial charge in [0.1, 0.15) is 0 Å². The number of benzene rings is 1. The molecule has 0 spiro atoms. The van der Waals surface area contributed by atoms with Crippen LogP contribution < -0.4 is 5.32 Å². The molecule has 0 bridgehead atoms. The first kappa shape index (κ1) is 15.9. The summed E-state index contributed by atoms with van der Waals surface area (Å²) in [4.78, 5) is 11.8. The number of amides is 1. The highest BCUT2D eigenvalue weighted by Crippen LogP contribution is 2.34. The first-order chi connectivity index (χ1) is 9.73. The third kappa shape index (κ3) is 3.09. The molecule has 1 aliphatic rings. The molecule has 0 radical (unpaired) electrons. The van der Waals surface area contributed by atoms with E-state index in [2.05, 4.69) is 5.32 Å². The number of hydrogen-bond donors (Lipinski definition) is 2. The van der Waals surface area contributed by atoms with Crippen LogP contribution >= 0.6 is 0 Å². The molecule has 116 valence electrons. The Morgan fingerprint density at radius 3 is 2.71 bits per heavy atom. The van der Waals surface area contributed by atoms with E-state index in [-0.39, 0.29) is 23.3 Å². The van der Waals surface area contributed by atoms with Crippen LogP contribution in [0.15, 0.2) is 23.1 Å². The van der Waals surface area contributed by atoms with Crippen molar-refractivity contribution in [2.45, 2.75) is 37.2 Å². The number of nitrogens with one attached hydrogen (secondary N) is 1. The summed E-state index contributed by atoms with van der Waals surface area (Å²) in [6.45, 7) is 3.60. The molecule has 2 rings (SSSR count). The Morgan fingerprint density at radius 1 is 1.43 bits per heavy atom. The Kier molecular flexibility index (Phi) is 4.36. The molecule has 6 nitrogen and oxygen atoms in total. The van der Waals surface area contributed by atoms with Gasteiger partial charge in [0.2, 0.25) is 15.9 Å². The van der Waals surface area contributed by atoms with Gasteiger partial charge in [-0.2, -0.15) is 0 Å². The molecule has 21 heavy (non-hydrogen) atoms. The second kappa shape index (κ2) is 5.75. The molecular weight excluding hydrogens is 292 g/mol. The van der Waals surface area contributed by atoms with Crippen molar-refractivity contribution >= 4 is 21.6 Å². The van der Waals surface area contributed by atoms with Gasteiger partial charge in [0.25, 0.3) is 0 Å². The minimum atomic E-state index is -3.61. The average Bonchev–Trinajstić information content (AvgIpc) is 2.71. The van der Waals surface area contributed by atoms with E-state index in [1.165, 1.54) is 17.4 Å². The van der Waals surface area contributed by atoms with Crippen LogP contribution in [0.5, 0.6) is 0 Å². The summed E-state index contributed by atoms with van der Waals surface area (Å²) in [6, 6.07) is 4.66. The Balaban J connectivity index is 2.28. The van der Waals surface area contributed by atoms with E-state index in [0.29, 0.717) is 17.7 Å². The molecule has 1 amide bonds. The lowest BCUT2D eigenvalue weighted by Crippen LogP contribution is -2.29. The average molecular weight is 312 g/mol. The number of aliphatic hydroxyl groups is 1. The van der Waals surface area contributed by atoms with Crippen molar-refractivity contribution in [2.24, 2.45) is 0 Å². The van der Waals surface area contributed by atoms with E-state index in [4.69, 9.17) is 0 Å². The molecule has 2 N–H and O–H groups in total. The van der Waals surface area contributed by atoms with Crippen molar-refractivity contribution < 1.29 is 18.3 Å². The summed E-state index contributed by atoms with van der Waals surface area (Å²) < 4.78 is 26.2. The van der Waals surface area contributed by atoms with Crippen LogP contribution in [0.1, 0.15) is 31.7 Å². The van der Waals surface area contributed by atoms with Crippen LogP contribution in [0, 0.1) is 0 Å². The fourth-order valence-electron chi connectivity index (χ4n) is 2.22. The molecule has 0 fully saturated rings. The number of aliphatic hydroxyl groups excluding tert-OH is 1. The smallest absolute Gasteiger partial charge is 0.242 e. The van der Waals surface area contributed by atoms with E-state index in [0.717, 1.165) is 0 Å². The number of carbonyl (C=O) groups is 1. The zero-order chi connectivity index (χ0) is 15.8. The van der Waals surface area contributed by atoms with Gasteiger partial charge in [-0.1, -0.05) is 0 Å².